The van der Waals surface area contributed by atoms with Gasteiger partial charge >= 0.3 is 5.97 Å². The molecule has 0 fully saturated rings. The average molecular weight is 334 g/mol. The molecule has 1 aromatic rings. The van der Waals surface area contributed by atoms with Crippen LogP contribution in [0.3, 0.4) is 0 Å². The minimum absolute atomic E-state index is 0.280. The molecule has 0 saturated carbocycles. The molecule has 1 atom stereocenters. The number of amides is 1. The predicted octanol–water partition coefficient (Wildman–Crippen LogP) is 3.08. The molecular formula is C14H17Cl2NO4. The SMILES string of the molecule is CC(Oc1ccc(Cl)cc1Cl)C(=O)N(C)C(C)(C)C(=O)O. The molecule has 0 aliphatic carbocycles. The lowest BCUT2D eigenvalue weighted by Crippen LogP contribution is -2.54. The summed E-state index contributed by atoms with van der Waals surface area (Å²) in [4.78, 5) is 24.5. The molecule has 7 heteroatoms. The molecule has 0 aliphatic heterocycles. The van der Waals surface area contributed by atoms with Gasteiger partial charge in [0.25, 0.3) is 5.91 Å². The summed E-state index contributed by atoms with van der Waals surface area (Å²) >= 11 is 11.8. The van der Waals surface area contributed by atoms with Crippen LogP contribution in [0.1, 0.15) is 20.8 Å². The molecule has 0 heterocycles. The molecule has 1 amide bonds. The quantitative estimate of drug-likeness (QED) is 0.899. The third-order valence-electron chi connectivity index (χ3n) is 3.24. The van der Waals surface area contributed by atoms with Crippen molar-refractivity contribution < 1.29 is 19.4 Å². The molecule has 116 valence electrons. The number of likely N-dealkylation sites (N-methyl/N-ethyl adjacent to an activating group) is 1. The van der Waals surface area contributed by atoms with E-state index in [1.807, 2.05) is 0 Å². The fourth-order valence-electron chi connectivity index (χ4n) is 1.50. The molecule has 1 aromatic carbocycles. The number of aliphatic carboxylic acids is 1. The number of benzene rings is 1. The van der Waals surface area contributed by atoms with Crippen LogP contribution >= 0.6 is 23.2 Å². The summed E-state index contributed by atoms with van der Waals surface area (Å²) in [6.07, 6.45) is -0.882. The largest absolute Gasteiger partial charge is 0.480 e. The Bertz CT molecular complexity index is 560. The standard InChI is InChI=1S/C14H17Cl2NO4/c1-8(12(18)17(4)14(2,3)13(19)20)21-11-6-5-9(15)7-10(11)16/h5-8H,1-4H3,(H,19,20). The van der Waals surface area contributed by atoms with E-state index in [1.165, 1.54) is 33.9 Å². The van der Waals surface area contributed by atoms with Crippen LogP contribution in [0.15, 0.2) is 18.2 Å². The Hall–Kier alpha value is -1.46. The van der Waals surface area contributed by atoms with E-state index in [9.17, 15) is 9.59 Å². The lowest BCUT2D eigenvalue weighted by Gasteiger charge is -2.33. The van der Waals surface area contributed by atoms with Gasteiger partial charge in [0.2, 0.25) is 0 Å². The van der Waals surface area contributed by atoms with Gasteiger partial charge in [-0.1, -0.05) is 23.2 Å². The second-order valence-corrected chi connectivity index (χ2v) is 5.94. The van der Waals surface area contributed by atoms with Crippen molar-refractivity contribution in [3.63, 3.8) is 0 Å². The van der Waals surface area contributed by atoms with Crippen molar-refractivity contribution in [3.05, 3.63) is 28.2 Å². The first-order valence-electron chi connectivity index (χ1n) is 6.20. The van der Waals surface area contributed by atoms with Crippen LogP contribution in [0, 0.1) is 0 Å². The number of hydrogen-bond acceptors (Lipinski definition) is 3. The smallest absolute Gasteiger partial charge is 0.329 e. The number of rotatable bonds is 5. The van der Waals surface area contributed by atoms with E-state index in [0.29, 0.717) is 10.8 Å². The van der Waals surface area contributed by atoms with Crippen molar-refractivity contribution in [1.82, 2.24) is 4.90 Å². The van der Waals surface area contributed by atoms with Gasteiger partial charge in [0.05, 0.1) is 5.02 Å². The van der Waals surface area contributed by atoms with E-state index < -0.39 is 23.5 Å². The second kappa shape index (κ2) is 6.54. The van der Waals surface area contributed by atoms with Crippen molar-refractivity contribution in [3.8, 4) is 5.75 Å². The Morgan fingerprint density at radius 3 is 2.38 bits per heavy atom. The third-order valence-corrected chi connectivity index (χ3v) is 3.77. The number of carboxylic acid groups (broad SMARTS) is 1. The number of carbonyl (C=O) groups is 2. The lowest BCUT2D eigenvalue weighted by atomic mass is 10.0. The lowest BCUT2D eigenvalue weighted by molar-refractivity contribution is -0.157. The zero-order valence-corrected chi connectivity index (χ0v) is 13.7. The maximum atomic E-state index is 12.2. The maximum absolute atomic E-state index is 12.2. The number of carboxylic acids is 1. The van der Waals surface area contributed by atoms with E-state index in [4.69, 9.17) is 33.0 Å². The number of nitrogens with zero attached hydrogens (tertiary/aromatic N) is 1. The van der Waals surface area contributed by atoms with Gasteiger partial charge in [0.15, 0.2) is 6.10 Å². The van der Waals surface area contributed by atoms with E-state index in [-0.39, 0.29) is 5.02 Å². The van der Waals surface area contributed by atoms with Gasteiger partial charge in [0.1, 0.15) is 11.3 Å². The van der Waals surface area contributed by atoms with Gasteiger partial charge < -0.3 is 14.7 Å². The first-order chi connectivity index (χ1) is 9.57. The summed E-state index contributed by atoms with van der Waals surface area (Å²) < 4.78 is 5.48. The molecule has 1 N–H and O–H groups in total. The number of ether oxygens (including phenoxy) is 1. The average Bonchev–Trinajstić information content (AvgIpc) is 2.39. The summed E-state index contributed by atoms with van der Waals surface area (Å²) in [6, 6.07) is 4.64. The molecule has 5 nitrogen and oxygen atoms in total. The number of carbonyl (C=O) groups excluding carboxylic acids is 1. The first-order valence-corrected chi connectivity index (χ1v) is 6.95. The minimum Gasteiger partial charge on any atom is -0.480 e. The zero-order valence-electron chi connectivity index (χ0n) is 12.2. The fraction of sp³-hybridized carbons (Fsp3) is 0.429. The van der Waals surface area contributed by atoms with Crippen molar-refractivity contribution in [2.75, 3.05) is 7.05 Å². The topological polar surface area (TPSA) is 66.8 Å². The predicted molar refractivity (Wildman–Crippen MR) is 81.0 cm³/mol. The van der Waals surface area contributed by atoms with Crippen molar-refractivity contribution in [2.45, 2.75) is 32.4 Å². The summed E-state index contributed by atoms with van der Waals surface area (Å²) in [5.74, 6) is -1.26. The Labute approximate surface area is 133 Å². The van der Waals surface area contributed by atoms with Gasteiger partial charge in [0, 0.05) is 12.1 Å². The van der Waals surface area contributed by atoms with Crippen LogP contribution in [0.4, 0.5) is 0 Å². The number of halogens is 2. The van der Waals surface area contributed by atoms with E-state index in [1.54, 1.807) is 12.1 Å². The van der Waals surface area contributed by atoms with Crippen LogP contribution < -0.4 is 4.74 Å². The molecule has 1 rings (SSSR count). The fourth-order valence-corrected chi connectivity index (χ4v) is 1.96. The van der Waals surface area contributed by atoms with Crippen molar-refractivity contribution in [2.24, 2.45) is 0 Å². The molecule has 0 spiro atoms. The first kappa shape index (κ1) is 17.6. The Morgan fingerprint density at radius 1 is 1.33 bits per heavy atom. The van der Waals surface area contributed by atoms with Crippen LogP contribution in [-0.2, 0) is 9.59 Å². The summed E-state index contributed by atoms with van der Waals surface area (Å²) in [7, 11) is 1.42. The van der Waals surface area contributed by atoms with Gasteiger partial charge in [-0.2, -0.15) is 0 Å². The molecule has 0 bridgehead atoms. The highest BCUT2D eigenvalue weighted by molar-refractivity contribution is 6.35. The zero-order chi connectivity index (χ0) is 16.4. The molecular weight excluding hydrogens is 317 g/mol. The highest BCUT2D eigenvalue weighted by Gasteiger charge is 2.37. The van der Waals surface area contributed by atoms with E-state index in [2.05, 4.69) is 0 Å². The Kier molecular flexibility index (Phi) is 5.48. The van der Waals surface area contributed by atoms with Crippen LogP contribution in [-0.4, -0.2) is 40.6 Å². The summed E-state index contributed by atoms with van der Waals surface area (Å²) in [5.41, 5.74) is -1.33. The van der Waals surface area contributed by atoms with Gasteiger partial charge in [-0.25, -0.2) is 4.79 Å². The van der Waals surface area contributed by atoms with Crippen LogP contribution in [0.2, 0.25) is 10.0 Å². The van der Waals surface area contributed by atoms with Crippen molar-refractivity contribution >= 4 is 35.1 Å². The molecule has 0 aliphatic rings. The maximum Gasteiger partial charge on any atom is 0.329 e. The molecule has 21 heavy (non-hydrogen) atoms. The summed E-state index contributed by atoms with van der Waals surface area (Å²) in [6.45, 7) is 4.41. The molecule has 0 saturated heterocycles. The molecule has 0 aromatic heterocycles. The Morgan fingerprint density at radius 2 is 1.90 bits per heavy atom. The van der Waals surface area contributed by atoms with Crippen LogP contribution in [0.5, 0.6) is 5.75 Å². The monoisotopic (exact) mass is 333 g/mol. The van der Waals surface area contributed by atoms with Crippen molar-refractivity contribution in [1.29, 1.82) is 0 Å². The minimum atomic E-state index is -1.33. The van der Waals surface area contributed by atoms with Gasteiger partial charge in [-0.15, -0.1) is 0 Å². The Balaban J connectivity index is 2.86. The summed E-state index contributed by atoms with van der Waals surface area (Å²) in [5, 5.41) is 9.87. The highest BCUT2D eigenvalue weighted by Crippen LogP contribution is 2.28. The number of hydrogen-bond donors (Lipinski definition) is 1. The van der Waals surface area contributed by atoms with Gasteiger partial charge in [-0.3, -0.25) is 4.79 Å². The van der Waals surface area contributed by atoms with E-state index >= 15 is 0 Å². The molecule has 0 radical (unpaired) electrons. The highest BCUT2D eigenvalue weighted by atomic mass is 35.5. The normalized spacial score (nSPS) is 12.7. The van der Waals surface area contributed by atoms with Gasteiger partial charge in [-0.05, 0) is 39.0 Å². The van der Waals surface area contributed by atoms with E-state index in [0.717, 1.165) is 4.90 Å². The third kappa shape index (κ3) is 4.02. The van der Waals surface area contributed by atoms with Crippen LogP contribution in [0.25, 0.3) is 0 Å². The second-order valence-electron chi connectivity index (χ2n) is 5.10. The molecule has 1 unspecified atom stereocenters.